The third-order valence-corrected chi connectivity index (χ3v) is 4.10. The van der Waals surface area contributed by atoms with E-state index in [0.717, 1.165) is 5.69 Å². The second kappa shape index (κ2) is 9.61. The molecule has 8 heteroatoms. The fourth-order valence-corrected chi connectivity index (χ4v) is 2.48. The summed E-state index contributed by atoms with van der Waals surface area (Å²) in [4.78, 5) is 25.9. The maximum absolute atomic E-state index is 12.0. The van der Waals surface area contributed by atoms with Gasteiger partial charge >= 0.3 is 11.8 Å². The van der Waals surface area contributed by atoms with Crippen molar-refractivity contribution in [2.45, 2.75) is 6.10 Å². The van der Waals surface area contributed by atoms with Crippen molar-refractivity contribution in [2.75, 3.05) is 45.1 Å². The van der Waals surface area contributed by atoms with E-state index in [1.54, 1.807) is 30.3 Å². The molecule has 150 valence electrons. The lowest BCUT2D eigenvalue weighted by Gasteiger charge is -2.15. The van der Waals surface area contributed by atoms with Crippen molar-refractivity contribution in [1.82, 2.24) is 5.32 Å². The number of rotatable bonds is 7. The highest BCUT2D eigenvalue weighted by atomic mass is 16.5. The van der Waals surface area contributed by atoms with Crippen LogP contribution in [0.3, 0.4) is 0 Å². The molecule has 0 aliphatic carbocycles. The van der Waals surface area contributed by atoms with Crippen LogP contribution < -0.4 is 25.0 Å². The van der Waals surface area contributed by atoms with Gasteiger partial charge in [0.2, 0.25) is 0 Å². The van der Waals surface area contributed by atoms with Gasteiger partial charge < -0.3 is 30.1 Å². The largest absolute Gasteiger partial charge is 0.493 e. The minimum Gasteiger partial charge on any atom is -0.493 e. The number of ether oxygens (including phenoxy) is 2. The molecular formula is C20H25N3O5. The van der Waals surface area contributed by atoms with Crippen molar-refractivity contribution in [3.63, 3.8) is 0 Å². The fourth-order valence-electron chi connectivity index (χ4n) is 2.48. The average Bonchev–Trinajstić information content (AvgIpc) is 2.71. The number of aliphatic hydroxyl groups is 1. The van der Waals surface area contributed by atoms with Crippen molar-refractivity contribution in [2.24, 2.45) is 0 Å². The van der Waals surface area contributed by atoms with Gasteiger partial charge in [0.05, 0.1) is 20.3 Å². The van der Waals surface area contributed by atoms with E-state index in [1.807, 2.05) is 31.1 Å². The number of carbonyl (C=O) groups is 2. The Morgan fingerprint density at radius 1 is 1.00 bits per heavy atom. The van der Waals surface area contributed by atoms with Gasteiger partial charge in [-0.3, -0.25) is 9.59 Å². The van der Waals surface area contributed by atoms with E-state index in [-0.39, 0.29) is 6.54 Å². The van der Waals surface area contributed by atoms with Crippen LogP contribution in [-0.4, -0.2) is 51.8 Å². The highest BCUT2D eigenvalue weighted by Gasteiger charge is 2.17. The molecule has 0 bridgehead atoms. The Hall–Kier alpha value is -3.26. The van der Waals surface area contributed by atoms with Gasteiger partial charge in [-0.05, 0) is 42.0 Å². The summed E-state index contributed by atoms with van der Waals surface area (Å²) in [6, 6.07) is 12.0. The first kappa shape index (κ1) is 21.0. The van der Waals surface area contributed by atoms with E-state index >= 15 is 0 Å². The Morgan fingerprint density at radius 3 is 2.21 bits per heavy atom. The number of hydrogen-bond donors (Lipinski definition) is 3. The van der Waals surface area contributed by atoms with E-state index in [4.69, 9.17) is 9.47 Å². The van der Waals surface area contributed by atoms with Crippen LogP contribution in [0.5, 0.6) is 11.5 Å². The highest BCUT2D eigenvalue weighted by molar-refractivity contribution is 6.39. The van der Waals surface area contributed by atoms with Crippen molar-refractivity contribution in [3.05, 3.63) is 48.0 Å². The highest BCUT2D eigenvalue weighted by Crippen LogP contribution is 2.29. The summed E-state index contributed by atoms with van der Waals surface area (Å²) in [6.07, 6.45) is -1.00. The second-order valence-electron chi connectivity index (χ2n) is 6.24. The number of nitrogens with zero attached hydrogens (tertiary/aromatic N) is 1. The summed E-state index contributed by atoms with van der Waals surface area (Å²) in [7, 11) is 6.82. The lowest BCUT2D eigenvalue weighted by atomic mass is 10.1. The maximum atomic E-state index is 12.0. The second-order valence-corrected chi connectivity index (χ2v) is 6.24. The molecule has 28 heavy (non-hydrogen) atoms. The Balaban J connectivity index is 1.91. The Labute approximate surface area is 164 Å². The average molecular weight is 387 g/mol. The lowest BCUT2D eigenvalue weighted by Crippen LogP contribution is -2.37. The summed E-state index contributed by atoms with van der Waals surface area (Å²) < 4.78 is 10.3. The van der Waals surface area contributed by atoms with Gasteiger partial charge in [-0.1, -0.05) is 6.07 Å². The number of hydrogen-bond acceptors (Lipinski definition) is 6. The summed E-state index contributed by atoms with van der Waals surface area (Å²) in [5.74, 6) is -0.653. The SMILES string of the molecule is COc1ccc(C(O)CNC(=O)C(=O)Nc2ccc(N(C)C)cc2)cc1OC. The first-order valence-corrected chi connectivity index (χ1v) is 8.62. The molecule has 0 saturated heterocycles. The van der Waals surface area contributed by atoms with Gasteiger partial charge in [-0.15, -0.1) is 0 Å². The molecule has 1 atom stereocenters. The molecule has 0 aliphatic rings. The standard InChI is InChI=1S/C20H25N3O5/c1-23(2)15-8-6-14(7-9-15)22-20(26)19(25)21-12-16(24)13-5-10-17(27-3)18(11-13)28-4/h5-11,16,24H,12H2,1-4H3,(H,21,25)(H,22,26). The van der Waals surface area contributed by atoms with Crippen molar-refractivity contribution < 1.29 is 24.2 Å². The van der Waals surface area contributed by atoms with Crippen LogP contribution in [0.1, 0.15) is 11.7 Å². The van der Waals surface area contributed by atoms with Crippen LogP contribution >= 0.6 is 0 Å². The molecule has 2 rings (SSSR count). The maximum Gasteiger partial charge on any atom is 0.313 e. The number of amides is 2. The summed E-state index contributed by atoms with van der Waals surface area (Å²) in [6.45, 7) is -0.124. The minimum absolute atomic E-state index is 0.124. The van der Waals surface area contributed by atoms with Crippen molar-refractivity contribution in [3.8, 4) is 11.5 Å². The molecule has 0 fully saturated rings. The van der Waals surface area contributed by atoms with Crippen LogP contribution in [0.25, 0.3) is 0 Å². The number of anilines is 2. The molecule has 0 aromatic heterocycles. The van der Waals surface area contributed by atoms with E-state index in [9.17, 15) is 14.7 Å². The molecule has 0 radical (unpaired) electrons. The molecule has 8 nitrogen and oxygen atoms in total. The molecule has 0 aliphatic heterocycles. The predicted octanol–water partition coefficient (Wildman–Crippen LogP) is 1.56. The molecule has 2 aromatic carbocycles. The van der Waals surface area contributed by atoms with Gasteiger partial charge in [0, 0.05) is 32.0 Å². The van der Waals surface area contributed by atoms with E-state index in [2.05, 4.69) is 10.6 Å². The lowest BCUT2D eigenvalue weighted by molar-refractivity contribution is -0.136. The zero-order valence-corrected chi connectivity index (χ0v) is 16.4. The van der Waals surface area contributed by atoms with Gasteiger partial charge in [-0.25, -0.2) is 0 Å². The number of carbonyl (C=O) groups excluding carboxylic acids is 2. The molecular weight excluding hydrogens is 362 g/mol. The topological polar surface area (TPSA) is 100 Å². The summed E-state index contributed by atoms with van der Waals surface area (Å²) in [5, 5.41) is 15.2. The quantitative estimate of drug-likeness (QED) is 0.624. The normalized spacial score (nSPS) is 11.3. The van der Waals surface area contributed by atoms with Gasteiger partial charge in [-0.2, -0.15) is 0 Å². The molecule has 1 unspecified atom stereocenters. The molecule has 2 amide bonds. The summed E-state index contributed by atoms with van der Waals surface area (Å²) >= 11 is 0. The zero-order chi connectivity index (χ0) is 20.7. The van der Waals surface area contributed by atoms with E-state index in [0.29, 0.717) is 22.7 Å². The van der Waals surface area contributed by atoms with Crippen LogP contribution in [0, 0.1) is 0 Å². The fraction of sp³-hybridized carbons (Fsp3) is 0.300. The molecule has 0 spiro atoms. The molecule has 3 N–H and O–H groups in total. The Morgan fingerprint density at radius 2 is 1.64 bits per heavy atom. The number of benzene rings is 2. The zero-order valence-electron chi connectivity index (χ0n) is 16.4. The van der Waals surface area contributed by atoms with Crippen molar-refractivity contribution >= 4 is 23.2 Å². The number of methoxy groups -OCH3 is 2. The van der Waals surface area contributed by atoms with Gasteiger partial charge in [0.15, 0.2) is 11.5 Å². The van der Waals surface area contributed by atoms with Gasteiger partial charge in [0.25, 0.3) is 0 Å². The number of nitrogens with one attached hydrogen (secondary N) is 2. The monoisotopic (exact) mass is 387 g/mol. The van der Waals surface area contributed by atoms with Crippen molar-refractivity contribution in [1.29, 1.82) is 0 Å². The summed E-state index contributed by atoms with van der Waals surface area (Å²) in [5.41, 5.74) is 2.00. The molecule has 0 saturated carbocycles. The third kappa shape index (κ3) is 5.37. The minimum atomic E-state index is -1.00. The van der Waals surface area contributed by atoms with Crippen LogP contribution in [-0.2, 0) is 9.59 Å². The Bertz CT molecular complexity index is 821. The van der Waals surface area contributed by atoms with E-state index < -0.39 is 17.9 Å². The van der Waals surface area contributed by atoms with Crippen LogP contribution in [0.4, 0.5) is 11.4 Å². The predicted molar refractivity (Wildman–Crippen MR) is 107 cm³/mol. The molecule has 2 aromatic rings. The first-order valence-electron chi connectivity index (χ1n) is 8.62. The number of aliphatic hydroxyl groups excluding tert-OH is 1. The third-order valence-electron chi connectivity index (χ3n) is 4.10. The van der Waals surface area contributed by atoms with Crippen LogP contribution in [0.2, 0.25) is 0 Å². The first-order chi connectivity index (χ1) is 13.3. The molecule has 0 heterocycles. The Kier molecular flexibility index (Phi) is 7.22. The smallest absolute Gasteiger partial charge is 0.313 e. The van der Waals surface area contributed by atoms with Crippen LogP contribution in [0.15, 0.2) is 42.5 Å². The van der Waals surface area contributed by atoms with Gasteiger partial charge in [0.1, 0.15) is 0 Å². The van der Waals surface area contributed by atoms with E-state index in [1.165, 1.54) is 14.2 Å².